The van der Waals surface area contributed by atoms with Crippen LogP contribution < -0.4 is 9.80 Å². The van der Waals surface area contributed by atoms with Crippen LogP contribution in [0.5, 0.6) is 0 Å². The number of carbonyl (C=O) groups excluding carboxylic acids is 2. The summed E-state index contributed by atoms with van der Waals surface area (Å²) < 4.78 is 15.5. The quantitative estimate of drug-likeness (QED) is 0.664. The number of carbonyl (C=O) groups is 2. The smallest absolute Gasteiger partial charge is 0.281 e. The predicted molar refractivity (Wildman–Crippen MR) is 103 cm³/mol. The summed E-state index contributed by atoms with van der Waals surface area (Å²) in [6.45, 7) is 1.50. The molecule has 0 spiro atoms. The van der Waals surface area contributed by atoms with E-state index in [2.05, 4.69) is 10.3 Å². The second kappa shape index (κ2) is 6.72. The number of rotatable bonds is 2. The van der Waals surface area contributed by atoms with Crippen LogP contribution in [-0.4, -0.2) is 40.4 Å². The van der Waals surface area contributed by atoms with Gasteiger partial charge in [0.2, 0.25) is 5.91 Å². The van der Waals surface area contributed by atoms with Crippen molar-refractivity contribution in [2.24, 2.45) is 0 Å². The van der Waals surface area contributed by atoms with E-state index in [1.54, 1.807) is 38.2 Å². The Bertz CT molecular complexity index is 1110. The first-order chi connectivity index (χ1) is 13.4. The molecule has 0 unspecified atom stereocenters. The molecular weight excluding hydrogens is 385 g/mol. The van der Waals surface area contributed by atoms with Gasteiger partial charge in [0.1, 0.15) is 18.0 Å². The number of para-hydroxylation sites is 2. The summed E-state index contributed by atoms with van der Waals surface area (Å²) in [6.07, 6.45) is 0. The molecule has 0 N–H and O–H groups in total. The highest BCUT2D eigenvalue weighted by Crippen LogP contribution is 2.33. The van der Waals surface area contributed by atoms with Crippen LogP contribution in [0, 0.1) is 12.7 Å². The maximum Gasteiger partial charge on any atom is 0.281 e. The minimum atomic E-state index is -0.584. The van der Waals surface area contributed by atoms with Crippen molar-refractivity contribution in [2.45, 2.75) is 6.92 Å². The Morgan fingerprint density at radius 1 is 1.14 bits per heavy atom. The number of halogens is 2. The van der Waals surface area contributed by atoms with Gasteiger partial charge < -0.3 is 4.90 Å². The molecule has 2 amide bonds. The highest BCUT2D eigenvalue weighted by molar-refractivity contribution is 6.30. The van der Waals surface area contributed by atoms with Crippen LogP contribution in [0.15, 0.2) is 42.5 Å². The number of nitrogens with zero attached hydrogens (tertiary/aromatic N) is 5. The molecule has 0 saturated carbocycles. The maximum absolute atomic E-state index is 14.3. The first-order valence-electron chi connectivity index (χ1n) is 8.43. The molecule has 28 heavy (non-hydrogen) atoms. The fourth-order valence-corrected chi connectivity index (χ4v) is 3.31. The molecule has 4 rings (SSSR count). The Kier molecular flexibility index (Phi) is 4.35. The Labute approximate surface area is 164 Å². The number of hydrogen-bond donors (Lipinski definition) is 0. The lowest BCUT2D eigenvalue weighted by Crippen LogP contribution is -2.46. The van der Waals surface area contributed by atoms with Gasteiger partial charge in [-0.3, -0.25) is 14.5 Å². The van der Waals surface area contributed by atoms with Gasteiger partial charge in [-0.15, -0.1) is 5.10 Å². The Hall–Kier alpha value is -3.26. The van der Waals surface area contributed by atoms with E-state index in [1.807, 2.05) is 0 Å². The third kappa shape index (κ3) is 2.82. The van der Waals surface area contributed by atoms with Crippen LogP contribution in [0.25, 0.3) is 5.69 Å². The van der Waals surface area contributed by atoms with Crippen molar-refractivity contribution in [3.05, 3.63) is 64.7 Å². The van der Waals surface area contributed by atoms with E-state index < -0.39 is 11.7 Å². The maximum atomic E-state index is 14.3. The topological polar surface area (TPSA) is 71.3 Å². The van der Waals surface area contributed by atoms with Gasteiger partial charge >= 0.3 is 0 Å². The van der Waals surface area contributed by atoms with E-state index in [-0.39, 0.29) is 28.9 Å². The molecule has 0 bridgehead atoms. The molecule has 9 heteroatoms. The molecule has 3 aromatic rings. The van der Waals surface area contributed by atoms with Gasteiger partial charge in [0, 0.05) is 12.1 Å². The monoisotopic (exact) mass is 399 g/mol. The van der Waals surface area contributed by atoms with Gasteiger partial charge in [0.25, 0.3) is 5.91 Å². The molecule has 0 atom stereocenters. The zero-order chi connectivity index (χ0) is 20.0. The van der Waals surface area contributed by atoms with Crippen molar-refractivity contribution in [1.29, 1.82) is 0 Å². The number of likely N-dealkylation sites (N-methyl/N-ethyl adjacent to an activating group) is 1. The van der Waals surface area contributed by atoms with Crippen LogP contribution in [-0.2, 0) is 4.79 Å². The zero-order valence-corrected chi connectivity index (χ0v) is 15.8. The minimum absolute atomic E-state index is 0.0431. The fourth-order valence-electron chi connectivity index (χ4n) is 3.15. The average molecular weight is 400 g/mol. The summed E-state index contributed by atoms with van der Waals surface area (Å²) in [5.74, 6) is -1.28. The largest absolute Gasteiger partial charge is 0.312 e. The lowest BCUT2D eigenvalue weighted by molar-refractivity contribution is -0.117. The molecule has 0 saturated heterocycles. The van der Waals surface area contributed by atoms with Gasteiger partial charge in [-0.25, -0.2) is 9.07 Å². The van der Waals surface area contributed by atoms with Crippen LogP contribution in [0.4, 0.5) is 15.8 Å². The third-order valence-corrected chi connectivity index (χ3v) is 4.92. The first kappa shape index (κ1) is 18.1. The summed E-state index contributed by atoms with van der Waals surface area (Å²) in [7, 11) is 1.66. The summed E-state index contributed by atoms with van der Waals surface area (Å²) in [5, 5.41) is 8.12. The van der Waals surface area contributed by atoms with Crippen molar-refractivity contribution >= 4 is 34.8 Å². The standard InChI is InChI=1S/C19H15ClFN5O2/c1-11-18(22-23-26(11)14-8-7-12(20)9-13(14)21)19(28)25-10-17(27)24(2)15-5-3-4-6-16(15)25/h3-9H,10H2,1-2H3. The first-order valence-corrected chi connectivity index (χ1v) is 8.81. The average Bonchev–Trinajstić information content (AvgIpc) is 3.05. The van der Waals surface area contributed by atoms with E-state index in [1.165, 1.54) is 26.6 Å². The normalized spacial score (nSPS) is 13.6. The van der Waals surface area contributed by atoms with Crippen molar-refractivity contribution < 1.29 is 14.0 Å². The lowest BCUT2D eigenvalue weighted by Gasteiger charge is -2.33. The van der Waals surface area contributed by atoms with E-state index in [0.29, 0.717) is 17.1 Å². The molecule has 1 aromatic heterocycles. The number of aromatic nitrogens is 3. The predicted octanol–water partition coefficient (Wildman–Crippen LogP) is 2.99. The molecule has 1 aliphatic heterocycles. The van der Waals surface area contributed by atoms with Gasteiger partial charge in [-0.2, -0.15) is 0 Å². The van der Waals surface area contributed by atoms with E-state index in [4.69, 9.17) is 11.6 Å². The SMILES string of the molecule is Cc1c(C(=O)N2CC(=O)N(C)c3ccccc32)nnn1-c1ccc(Cl)cc1F. The second-order valence-corrected chi connectivity index (χ2v) is 6.80. The molecule has 0 aliphatic carbocycles. The van der Waals surface area contributed by atoms with Gasteiger partial charge in [-0.05, 0) is 37.3 Å². The van der Waals surface area contributed by atoms with Crippen molar-refractivity contribution in [3.63, 3.8) is 0 Å². The second-order valence-electron chi connectivity index (χ2n) is 6.36. The van der Waals surface area contributed by atoms with Crippen molar-refractivity contribution in [1.82, 2.24) is 15.0 Å². The zero-order valence-electron chi connectivity index (χ0n) is 15.1. The highest BCUT2D eigenvalue weighted by atomic mass is 35.5. The number of amides is 2. The van der Waals surface area contributed by atoms with Crippen LogP contribution in [0.3, 0.4) is 0 Å². The summed E-state index contributed by atoms with van der Waals surface area (Å²) in [6, 6.07) is 11.3. The molecule has 0 radical (unpaired) electrons. The van der Waals surface area contributed by atoms with Crippen LogP contribution in [0.2, 0.25) is 5.02 Å². The Balaban J connectivity index is 1.75. The summed E-state index contributed by atoms with van der Waals surface area (Å²) >= 11 is 5.79. The van der Waals surface area contributed by atoms with Crippen molar-refractivity contribution in [2.75, 3.05) is 23.4 Å². The molecule has 2 heterocycles. The Morgan fingerprint density at radius 2 is 1.86 bits per heavy atom. The van der Waals surface area contributed by atoms with E-state index in [0.717, 1.165) is 6.07 Å². The van der Waals surface area contributed by atoms with E-state index in [9.17, 15) is 14.0 Å². The van der Waals surface area contributed by atoms with E-state index >= 15 is 0 Å². The number of anilines is 2. The molecule has 1 aliphatic rings. The van der Waals surface area contributed by atoms with Gasteiger partial charge in [0.05, 0.1) is 17.1 Å². The molecule has 142 valence electrons. The molecule has 0 fully saturated rings. The third-order valence-electron chi connectivity index (χ3n) is 4.68. The molecule has 2 aromatic carbocycles. The number of benzene rings is 2. The summed E-state index contributed by atoms with van der Waals surface area (Å²) in [5.41, 5.74) is 1.75. The summed E-state index contributed by atoms with van der Waals surface area (Å²) in [4.78, 5) is 28.3. The number of hydrogen-bond acceptors (Lipinski definition) is 4. The highest BCUT2D eigenvalue weighted by Gasteiger charge is 2.33. The minimum Gasteiger partial charge on any atom is -0.312 e. The molecular formula is C19H15ClFN5O2. The molecule has 7 nitrogen and oxygen atoms in total. The number of fused-ring (bicyclic) bond motifs is 1. The van der Waals surface area contributed by atoms with Gasteiger partial charge in [-0.1, -0.05) is 28.9 Å². The van der Waals surface area contributed by atoms with Crippen molar-refractivity contribution in [3.8, 4) is 5.69 Å². The Morgan fingerprint density at radius 3 is 2.57 bits per heavy atom. The fraction of sp³-hybridized carbons (Fsp3) is 0.158. The van der Waals surface area contributed by atoms with Crippen LogP contribution in [0.1, 0.15) is 16.2 Å². The van der Waals surface area contributed by atoms with Crippen LogP contribution >= 0.6 is 11.6 Å². The van der Waals surface area contributed by atoms with Gasteiger partial charge in [0.15, 0.2) is 5.69 Å². The lowest BCUT2D eigenvalue weighted by atomic mass is 10.1.